The highest BCUT2D eigenvalue weighted by atomic mass is 16.5. The van der Waals surface area contributed by atoms with Gasteiger partial charge in [0.25, 0.3) is 0 Å². The monoisotopic (exact) mass is 314 g/mol. The maximum absolute atomic E-state index is 11.4. The Morgan fingerprint density at radius 3 is 1.82 bits per heavy atom. The highest BCUT2D eigenvalue weighted by Crippen LogP contribution is 2.10. The molecule has 0 aliphatic carbocycles. The van der Waals surface area contributed by atoms with Crippen molar-refractivity contribution in [2.45, 2.75) is 96.8 Å². The van der Waals surface area contributed by atoms with Gasteiger partial charge >= 0.3 is 11.9 Å². The number of ether oxygens (including phenoxy) is 1. The first-order valence-electron chi connectivity index (χ1n) is 9.04. The lowest BCUT2D eigenvalue weighted by Gasteiger charge is -2.05. The summed E-state index contributed by atoms with van der Waals surface area (Å²) < 4.78 is 5.21. The average Bonchev–Trinajstić information content (AvgIpc) is 2.49. The number of hydrogen-bond acceptors (Lipinski definition) is 3. The second-order valence-electron chi connectivity index (χ2n) is 6.00. The van der Waals surface area contributed by atoms with Gasteiger partial charge in [0, 0.05) is 12.8 Å². The third kappa shape index (κ3) is 17.0. The van der Waals surface area contributed by atoms with Crippen molar-refractivity contribution in [2.75, 3.05) is 6.61 Å². The zero-order valence-electron chi connectivity index (χ0n) is 14.3. The van der Waals surface area contributed by atoms with Gasteiger partial charge in [0.1, 0.15) is 0 Å². The van der Waals surface area contributed by atoms with Crippen molar-refractivity contribution >= 4 is 11.9 Å². The topological polar surface area (TPSA) is 63.6 Å². The molecule has 0 heterocycles. The van der Waals surface area contributed by atoms with Crippen LogP contribution in [0.3, 0.4) is 0 Å². The number of carboxylic acid groups (broad SMARTS) is 1. The van der Waals surface area contributed by atoms with Crippen molar-refractivity contribution in [2.24, 2.45) is 0 Å². The molecule has 0 unspecified atom stereocenters. The molecule has 0 saturated heterocycles. The van der Waals surface area contributed by atoms with Crippen molar-refractivity contribution in [3.05, 3.63) is 0 Å². The number of hydrogen-bond donors (Lipinski definition) is 1. The molecule has 0 radical (unpaired) electrons. The Balaban J connectivity index is 3.13. The van der Waals surface area contributed by atoms with Crippen LogP contribution in [0.2, 0.25) is 0 Å². The minimum atomic E-state index is -0.695. The Kier molecular flexibility index (Phi) is 15.5. The molecule has 0 fully saturated rings. The van der Waals surface area contributed by atoms with E-state index in [-0.39, 0.29) is 5.97 Å². The van der Waals surface area contributed by atoms with E-state index >= 15 is 0 Å². The molecule has 4 nitrogen and oxygen atoms in total. The molecule has 0 saturated carbocycles. The van der Waals surface area contributed by atoms with Crippen LogP contribution in [0.25, 0.3) is 0 Å². The van der Waals surface area contributed by atoms with Crippen molar-refractivity contribution in [1.82, 2.24) is 0 Å². The second-order valence-corrected chi connectivity index (χ2v) is 6.00. The van der Waals surface area contributed by atoms with Gasteiger partial charge in [0.2, 0.25) is 0 Å². The van der Waals surface area contributed by atoms with E-state index in [2.05, 4.69) is 6.92 Å². The van der Waals surface area contributed by atoms with E-state index in [4.69, 9.17) is 9.84 Å². The van der Waals surface area contributed by atoms with Gasteiger partial charge in [-0.2, -0.15) is 0 Å². The third-order valence-electron chi connectivity index (χ3n) is 3.78. The fourth-order valence-electron chi connectivity index (χ4n) is 2.39. The van der Waals surface area contributed by atoms with E-state index in [0.29, 0.717) is 19.4 Å². The number of carbonyl (C=O) groups excluding carboxylic acids is 1. The molecule has 0 aromatic rings. The molecule has 130 valence electrons. The van der Waals surface area contributed by atoms with Crippen LogP contribution >= 0.6 is 0 Å². The molecule has 0 bridgehead atoms. The molecule has 4 heteroatoms. The molecule has 22 heavy (non-hydrogen) atoms. The van der Waals surface area contributed by atoms with E-state index in [1.807, 2.05) is 0 Å². The van der Waals surface area contributed by atoms with Crippen LogP contribution in [0.4, 0.5) is 0 Å². The smallest absolute Gasteiger partial charge is 0.305 e. The highest BCUT2D eigenvalue weighted by molar-refractivity contribution is 5.69. The third-order valence-corrected chi connectivity index (χ3v) is 3.78. The van der Waals surface area contributed by atoms with E-state index in [1.54, 1.807) is 0 Å². The van der Waals surface area contributed by atoms with E-state index in [0.717, 1.165) is 44.9 Å². The summed E-state index contributed by atoms with van der Waals surface area (Å²) in [7, 11) is 0. The summed E-state index contributed by atoms with van der Waals surface area (Å²) in [6.07, 6.45) is 13.9. The number of carboxylic acids is 1. The number of rotatable bonds is 16. The molecule has 0 aromatic heterocycles. The fraction of sp³-hybridized carbons (Fsp3) is 0.889. The molecule has 0 rings (SSSR count). The molecule has 0 aliphatic rings. The molecule has 0 aliphatic heterocycles. The molecule has 0 spiro atoms. The van der Waals surface area contributed by atoms with Gasteiger partial charge in [0.05, 0.1) is 6.61 Å². The van der Waals surface area contributed by atoms with Crippen LogP contribution < -0.4 is 0 Å². The highest BCUT2D eigenvalue weighted by Gasteiger charge is 2.02. The lowest BCUT2D eigenvalue weighted by molar-refractivity contribution is -0.144. The van der Waals surface area contributed by atoms with Crippen molar-refractivity contribution in [3.63, 3.8) is 0 Å². The minimum absolute atomic E-state index is 0.0467. The first-order valence-corrected chi connectivity index (χ1v) is 9.04. The Hall–Kier alpha value is -1.06. The summed E-state index contributed by atoms with van der Waals surface area (Å²) in [4.78, 5) is 21.8. The van der Waals surface area contributed by atoms with Gasteiger partial charge in [-0.15, -0.1) is 0 Å². The van der Waals surface area contributed by atoms with Crippen LogP contribution in [0.5, 0.6) is 0 Å². The van der Waals surface area contributed by atoms with Crippen LogP contribution in [0.15, 0.2) is 0 Å². The Labute approximate surface area is 135 Å². The largest absolute Gasteiger partial charge is 0.481 e. The summed E-state index contributed by atoms with van der Waals surface area (Å²) >= 11 is 0. The van der Waals surface area contributed by atoms with Crippen LogP contribution in [-0.4, -0.2) is 23.7 Å². The summed E-state index contributed by atoms with van der Waals surface area (Å²) in [5, 5.41) is 8.51. The predicted octanol–water partition coefficient (Wildman–Crippen LogP) is 5.10. The maximum Gasteiger partial charge on any atom is 0.305 e. The van der Waals surface area contributed by atoms with Gasteiger partial charge in [0.15, 0.2) is 0 Å². The first kappa shape index (κ1) is 20.9. The Morgan fingerprint density at radius 1 is 0.727 bits per heavy atom. The normalized spacial score (nSPS) is 10.6. The average molecular weight is 314 g/mol. The second kappa shape index (κ2) is 16.3. The number of aliphatic carboxylic acids is 1. The van der Waals surface area contributed by atoms with Crippen molar-refractivity contribution < 1.29 is 19.4 Å². The summed E-state index contributed by atoms with van der Waals surface area (Å²) in [6.45, 7) is 2.72. The standard InChI is InChI=1S/C18H34O4/c1-2-3-4-12-15-18(21)22-16-13-10-8-6-5-7-9-11-14-17(19)20/h2-16H2,1H3,(H,19,20). The van der Waals surface area contributed by atoms with Crippen molar-refractivity contribution in [3.8, 4) is 0 Å². The number of carbonyl (C=O) groups is 2. The van der Waals surface area contributed by atoms with Crippen LogP contribution in [-0.2, 0) is 14.3 Å². The van der Waals surface area contributed by atoms with E-state index < -0.39 is 5.97 Å². The lowest BCUT2D eigenvalue weighted by atomic mass is 10.1. The van der Waals surface area contributed by atoms with E-state index in [9.17, 15) is 9.59 Å². The molecule has 0 atom stereocenters. The molecule has 0 aromatic carbocycles. The minimum Gasteiger partial charge on any atom is -0.481 e. The zero-order valence-corrected chi connectivity index (χ0v) is 14.3. The van der Waals surface area contributed by atoms with Crippen LogP contribution in [0.1, 0.15) is 96.8 Å². The van der Waals surface area contributed by atoms with Gasteiger partial charge in [-0.1, -0.05) is 64.7 Å². The molecular formula is C18H34O4. The first-order chi connectivity index (χ1) is 10.7. The number of unbranched alkanes of at least 4 members (excludes halogenated alkanes) is 10. The van der Waals surface area contributed by atoms with Gasteiger partial charge < -0.3 is 9.84 Å². The predicted molar refractivity (Wildman–Crippen MR) is 88.9 cm³/mol. The summed E-state index contributed by atoms with van der Waals surface area (Å²) in [5.41, 5.74) is 0. The number of esters is 1. The summed E-state index contributed by atoms with van der Waals surface area (Å²) in [6, 6.07) is 0. The lowest BCUT2D eigenvalue weighted by Crippen LogP contribution is -2.05. The Bertz CT molecular complexity index is 276. The molecular weight excluding hydrogens is 280 g/mol. The summed E-state index contributed by atoms with van der Waals surface area (Å²) in [5.74, 6) is -0.741. The van der Waals surface area contributed by atoms with Gasteiger partial charge in [-0.25, -0.2) is 0 Å². The molecule has 0 amide bonds. The zero-order chi connectivity index (χ0) is 16.5. The Morgan fingerprint density at radius 2 is 1.23 bits per heavy atom. The van der Waals surface area contributed by atoms with Gasteiger partial charge in [-0.05, 0) is 19.3 Å². The SMILES string of the molecule is CCCCCCC(=O)OCCCCCCCCCCC(=O)O. The fourth-order valence-corrected chi connectivity index (χ4v) is 2.39. The van der Waals surface area contributed by atoms with Gasteiger partial charge in [-0.3, -0.25) is 9.59 Å². The van der Waals surface area contributed by atoms with Crippen LogP contribution in [0, 0.1) is 0 Å². The van der Waals surface area contributed by atoms with E-state index in [1.165, 1.54) is 32.1 Å². The molecule has 1 N–H and O–H groups in total. The maximum atomic E-state index is 11.4. The quantitative estimate of drug-likeness (QED) is 0.318. The van der Waals surface area contributed by atoms with Crippen molar-refractivity contribution in [1.29, 1.82) is 0 Å².